The van der Waals surface area contributed by atoms with Gasteiger partial charge < -0.3 is 15.5 Å². The molecule has 1 amide bonds. The van der Waals surface area contributed by atoms with Gasteiger partial charge in [0.1, 0.15) is 6.54 Å². The summed E-state index contributed by atoms with van der Waals surface area (Å²) in [7, 11) is 0. The number of nitrogens with one attached hydrogen (secondary N) is 1. The van der Waals surface area contributed by atoms with E-state index < -0.39 is 18.1 Å². The van der Waals surface area contributed by atoms with E-state index in [0.29, 0.717) is 12.0 Å². The summed E-state index contributed by atoms with van der Waals surface area (Å²) >= 11 is 0. The summed E-state index contributed by atoms with van der Waals surface area (Å²) in [6.45, 7) is 16.2. The van der Waals surface area contributed by atoms with Crippen LogP contribution < -0.4 is 5.32 Å². The summed E-state index contributed by atoms with van der Waals surface area (Å²) in [6, 6.07) is 12.6. The normalized spacial score (nSPS) is 13.9. The number of amides is 1. The van der Waals surface area contributed by atoms with Gasteiger partial charge in [-0.25, -0.2) is 0 Å². The van der Waals surface area contributed by atoms with Crippen molar-refractivity contribution >= 4 is 11.9 Å². The van der Waals surface area contributed by atoms with Gasteiger partial charge in [-0.3, -0.25) is 9.59 Å². The Kier molecular flexibility index (Phi) is 8.94. The molecule has 0 heterocycles. The van der Waals surface area contributed by atoms with Gasteiger partial charge in [-0.15, -0.1) is 0 Å². The summed E-state index contributed by atoms with van der Waals surface area (Å²) in [5.74, 6) is -1.44. The molecule has 0 aliphatic carbocycles. The fourth-order valence-electron chi connectivity index (χ4n) is 4.73. The molecule has 0 aliphatic rings. The highest BCUT2D eigenvalue weighted by atomic mass is 16.4. The standard InChI is InChI=1S/C30H43NO4/c1-9-30(10-2,24-13-14-25(21(4)18-24)27(34)31-19-26(32)33)23-12-11-22(20(3)17-23)15-16-29(8,35)28(5,6)7/h11-14,17-18,35H,9-10,15-16,19H2,1-8H3,(H,31,34)(H,32,33). The van der Waals surface area contributed by atoms with Gasteiger partial charge in [-0.1, -0.05) is 65.0 Å². The third-order valence-corrected chi connectivity index (χ3v) is 8.02. The third-order valence-electron chi connectivity index (χ3n) is 8.02. The van der Waals surface area contributed by atoms with E-state index in [1.54, 1.807) is 6.07 Å². The number of carbonyl (C=O) groups is 2. The largest absolute Gasteiger partial charge is 0.480 e. The molecular weight excluding hydrogens is 438 g/mol. The second kappa shape index (κ2) is 10.9. The Morgan fingerprint density at radius 1 is 0.886 bits per heavy atom. The number of hydrogen-bond donors (Lipinski definition) is 3. The van der Waals surface area contributed by atoms with E-state index in [-0.39, 0.29) is 16.7 Å². The van der Waals surface area contributed by atoms with Crippen molar-refractivity contribution in [2.24, 2.45) is 5.41 Å². The molecule has 0 saturated heterocycles. The molecule has 0 aromatic heterocycles. The summed E-state index contributed by atoms with van der Waals surface area (Å²) in [6.07, 6.45) is 3.34. The van der Waals surface area contributed by atoms with Crippen LogP contribution in [0.5, 0.6) is 0 Å². The number of benzene rings is 2. The molecular formula is C30H43NO4. The van der Waals surface area contributed by atoms with Crippen LogP contribution in [-0.4, -0.2) is 34.2 Å². The number of carboxylic acid groups (broad SMARTS) is 1. The zero-order chi connectivity index (χ0) is 26.6. The van der Waals surface area contributed by atoms with E-state index >= 15 is 0 Å². The zero-order valence-electron chi connectivity index (χ0n) is 22.7. The van der Waals surface area contributed by atoms with Crippen LogP contribution in [0.3, 0.4) is 0 Å². The highest BCUT2D eigenvalue weighted by molar-refractivity contribution is 5.97. The fraction of sp³-hybridized carbons (Fsp3) is 0.533. The predicted octanol–water partition coefficient (Wildman–Crippen LogP) is 5.95. The van der Waals surface area contributed by atoms with E-state index in [0.717, 1.165) is 30.4 Å². The highest BCUT2D eigenvalue weighted by Crippen LogP contribution is 2.41. The Labute approximate surface area is 211 Å². The van der Waals surface area contributed by atoms with Gasteiger partial charge in [0.2, 0.25) is 0 Å². The van der Waals surface area contributed by atoms with Gasteiger partial charge in [-0.2, -0.15) is 0 Å². The molecule has 192 valence electrons. The Morgan fingerprint density at radius 3 is 1.89 bits per heavy atom. The van der Waals surface area contributed by atoms with Gasteiger partial charge in [0.05, 0.1) is 5.60 Å². The minimum atomic E-state index is -1.07. The molecule has 0 fully saturated rings. The number of carboxylic acids is 1. The number of hydrogen-bond acceptors (Lipinski definition) is 3. The summed E-state index contributed by atoms with van der Waals surface area (Å²) in [5.41, 5.74) is 5.07. The van der Waals surface area contributed by atoms with Gasteiger partial charge >= 0.3 is 5.97 Å². The van der Waals surface area contributed by atoms with E-state index in [9.17, 15) is 14.7 Å². The van der Waals surface area contributed by atoms with Crippen LogP contribution in [0.4, 0.5) is 0 Å². The molecule has 0 bridgehead atoms. The maximum Gasteiger partial charge on any atom is 0.322 e. The minimum absolute atomic E-state index is 0.186. The monoisotopic (exact) mass is 481 g/mol. The molecule has 0 radical (unpaired) electrons. The van der Waals surface area contributed by atoms with Crippen molar-refractivity contribution in [1.82, 2.24) is 5.32 Å². The van der Waals surface area contributed by atoms with Gasteiger partial charge in [0, 0.05) is 11.0 Å². The molecule has 5 nitrogen and oxygen atoms in total. The molecule has 2 aromatic rings. The fourth-order valence-corrected chi connectivity index (χ4v) is 4.73. The second-order valence-electron chi connectivity index (χ2n) is 11.1. The van der Waals surface area contributed by atoms with E-state index in [4.69, 9.17) is 5.11 Å². The lowest BCUT2D eigenvalue weighted by atomic mass is 9.69. The van der Waals surface area contributed by atoms with Crippen molar-refractivity contribution in [3.63, 3.8) is 0 Å². The molecule has 0 spiro atoms. The molecule has 35 heavy (non-hydrogen) atoms. The Bertz CT molecular complexity index is 1060. The van der Waals surface area contributed by atoms with Crippen molar-refractivity contribution in [2.45, 2.75) is 92.1 Å². The number of carbonyl (C=O) groups excluding carboxylic acids is 1. The SMILES string of the molecule is CCC(CC)(c1ccc(CCC(C)(O)C(C)(C)C)c(C)c1)c1ccc(C(=O)NCC(=O)O)c(C)c1. The van der Waals surface area contributed by atoms with Crippen molar-refractivity contribution in [3.05, 3.63) is 69.8 Å². The first-order valence-electron chi connectivity index (χ1n) is 12.6. The maximum atomic E-state index is 12.4. The smallest absolute Gasteiger partial charge is 0.322 e. The van der Waals surface area contributed by atoms with Crippen molar-refractivity contribution in [2.75, 3.05) is 6.54 Å². The average molecular weight is 482 g/mol. The lowest BCUT2D eigenvalue weighted by Gasteiger charge is -2.37. The van der Waals surface area contributed by atoms with Gasteiger partial charge in [0.25, 0.3) is 5.91 Å². The average Bonchev–Trinajstić information content (AvgIpc) is 2.77. The predicted molar refractivity (Wildman–Crippen MR) is 142 cm³/mol. The maximum absolute atomic E-state index is 12.4. The van der Waals surface area contributed by atoms with Gasteiger partial charge in [0.15, 0.2) is 0 Å². The molecule has 0 saturated carbocycles. The quantitative estimate of drug-likeness (QED) is 0.391. The number of aliphatic hydroxyl groups is 1. The number of aryl methyl sites for hydroxylation is 3. The lowest BCUT2D eigenvalue weighted by molar-refractivity contribution is -0.135. The minimum Gasteiger partial charge on any atom is -0.480 e. The summed E-state index contributed by atoms with van der Waals surface area (Å²) in [5, 5.41) is 22.2. The second-order valence-corrected chi connectivity index (χ2v) is 11.1. The van der Waals surface area contributed by atoms with Crippen molar-refractivity contribution < 1.29 is 19.8 Å². The number of rotatable bonds is 10. The van der Waals surface area contributed by atoms with Crippen LogP contribution >= 0.6 is 0 Å². The molecule has 5 heteroatoms. The first-order chi connectivity index (χ1) is 16.2. The van der Waals surface area contributed by atoms with Crippen LogP contribution in [0.25, 0.3) is 0 Å². The zero-order valence-corrected chi connectivity index (χ0v) is 22.7. The van der Waals surface area contributed by atoms with Crippen LogP contribution in [0.1, 0.15) is 99.0 Å². The van der Waals surface area contributed by atoms with Crippen molar-refractivity contribution in [1.29, 1.82) is 0 Å². The summed E-state index contributed by atoms with van der Waals surface area (Å²) < 4.78 is 0. The molecule has 2 aromatic carbocycles. The molecule has 1 unspecified atom stereocenters. The molecule has 2 rings (SSSR count). The van der Waals surface area contributed by atoms with Crippen molar-refractivity contribution in [3.8, 4) is 0 Å². The van der Waals surface area contributed by atoms with E-state index in [1.807, 2.05) is 19.9 Å². The van der Waals surface area contributed by atoms with Crippen LogP contribution in [0.2, 0.25) is 0 Å². The van der Waals surface area contributed by atoms with Crippen LogP contribution in [-0.2, 0) is 16.6 Å². The van der Waals surface area contributed by atoms with E-state index in [1.165, 1.54) is 16.7 Å². The van der Waals surface area contributed by atoms with Gasteiger partial charge in [-0.05, 0) is 85.8 Å². The summed E-state index contributed by atoms with van der Waals surface area (Å²) in [4.78, 5) is 23.2. The topological polar surface area (TPSA) is 86.6 Å². The lowest BCUT2D eigenvalue weighted by Crippen LogP contribution is -2.40. The van der Waals surface area contributed by atoms with Crippen LogP contribution in [0, 0.1) is 19.3 Å². The Balaban J connectivity index is 2.37. The first-order valence-corrected chi connectivity index (χ1v) is 12.6. The van der Waals surface area contributed by atoms with Crippen LogP contribution in [0.15, 0.2) is 36.4 Å². The Morgan fingerprint density at radius 2 is 1.43 bits per heavy atom. The molecule has 0 aliphatic heterocycles. The molecule has 3 N–H and O–H groups in total. The Hall–Kier alpha value is -2.66. The number of aliphatic carboxylic acids is 1. The first kappa shape index (κ1) is 28.6. The highest BCUT2D eigenvalue weighted by Gasteiger charge is 2.35. The third kappa shape index (κ3) is 6.32. The van der Waals surface area contributed by atoms with E-state index in [2.05, 4.69) is 71.1 Å². The molecule has 1 atom stereocenters.